The third-order valence-electron chi connectivity index (χ3n) is 6.12. The summed E-state index contributed by atoms with van der Waals surface area (Å²) >= 11 is 1.78. The van der Waals surface area contributed by atoms with Gasteiger partial charge in [-0.2, -0.15) is 0 Å². The normalized spacial score (nSPS) is 15.4. The van der Waals surface area contributed by atoms with E-state index >= 15 is 0 Å². The number of thiophene rings is 1. The van der Waals surface area contributed by atoms with Crippen LogP contribution in [-0.4, -0.2) is 40.6 Å². The predicted octanol–water partition coefficient (Wildman–Crippen LogP) is 4.93. The maximum absolute atomic E-state index is 12.9. The molecule has 2 aromatic carbocycles. The van der Waals surface area contributed by atoms with Crippen molar-refractivity contribution >= 4 is 32.9 Å². The SMILES string of the molecule is O=c1c2ccccc2ncn1C1CCN(CCN(c2ccccc2)c2cccs2)CC1. The number of aromatic nitrogens is 2. The third-order valence-corrected chi connectivity index (χ3v) is 7.01. The largest absolute Gasteiger partial charge is 0.332 e. The molecule has 5 nitrogen and oxygen atoms in total. The minimum absolute atomic E-state index is 0.0806. The molecule has 1 aliphatic rings. The molecule has 0 amide bonds. The second kappa shape index (κ2) is 9.04. The summed E-state index contributed by atoms with van der Waals surface area (Å²) in [7, 11) is 0. The Bertz CT molecular complexity index is 1180. The lowest BCUT2D eigenvalue weighted by atomic mass is 10.0. The van der Waals surface area contributed by atoms with Crippen molar-refractivity contribution in [1.29, 1.82) is 0 Å². The molecule has 31 heavy (non-hydrogen) atoms. The molecule has 0 atom stereocenters. The number of fused-ring (bicyclic) bond motifs is 1. The van der Waals surface area contributed by atoms with Gasteiger partial charge in [-0.25, -0.2) is 4.98 Å². The van der Waals surface area contributed by atoms with Gasteiger partial charge >= 0.3 is 0 Å². The maximum atomic E-state index is 12.9. The number of hydrogen-bond donors (Lipinski definition) is 0. The van der Waals surface area contributed by atoms with Gasteiger partial charge in [0.1, 0.15) is 0 Å². The van der Waals surface area contributed by atoms with Gasteiger partial charge in [0.2, 0.25) is 0 Å². The molecular formula is C25H26N4OS. The molecule has 0 spiro atoms. The highest BCUT2D eigenvalue weighted by Crippen LogP contribution is 2.29. The summed E-state index contributed by atoms with van der Waals surface area (Å²) in [6.45, 7) is 3.95. The molecule has 1 fully saturated rings. The predicted molar refractivity (Wildman–Crippen MR) is 128 cm³/mol. The van der Waals surface area contributed by atoms with E-state index in [-0.39, 0.29) is 11.6 Å². The summed E-state index contributed by atoms with van der Waals surface area (Å²) in [5, 5.41) is 4.11. The van der Waals surface area contributed by atoms with Gasteiger partial charge in [-0.05, 0) is 54.6 Å². The van der Waals surface area contributed by atoms with E-state index < -0.39 is 0 Å². The Morgan fingerprint density at radius 3 is 2.52 bits per heavy atom. The maximum Gasteiger partial charge on any atom is 0.261 e. The molecule has 0 saturated carbocycles. The topological polar surface area (TPSA) is 41.4 Å². The van der Waals surface area contributed by atoms with E-state index in [9.17, 15) is 4.79 Å². The van der Waals surface area contributed by atoms with Crippen molar-refractivity contribution in [3.63, 3.8) is 0 Å². The molecule has 6 heteroatoms. The Balaban J connectivity index is 1.24. The summed E-state index contributed by atoms with van der Waals surface area (Å²) in [6.07, 6.45) is 3.69. The first-order chi connectivity index (χ1) is 15.3. The molecule has 0 aliphatic carbocycles. The van der Waals surface area contributed by atoms with E-state index in [1.807, 2.05) is 28.8 Å². The van der Waals surface area contributed by atoms with Gasteiger partial charge in [-0.15, -0.1) is 11.3 Å². The van der Waals surface area contributed by atoms with Crippen molar-refractivity contribution in [2.75, 3.05) is 31.1 Å². The molecule has 2 aromatic heterocycles. The Labute approximate surface area is 186 Å². The van der Waals surface area contributed by atoms with Gasteiger partial charge in [-0.1, -0.05) is 30.3 Å². The first kappa shape index (κ1) is 20.0. The fourth-order valence-corrected chi connectivity index (χ4v) is 5.18. The fraction of sp³-hybridized carbons (Fsp3) is 0.280. The van der Waals surface area contributed by atoms with Crippen LogP contribution in [0.1, 0.15) is 18.9 Å². The van der Waals surface area contributed by atoms with Crippen molar-refractivity contribution in [2.24, 2.45) is 0 Å². The fourth-order valence-electron chi connectivity index (χ4n) is 4.40. The molecule has 0 unspecified atom stereocenters. The lowest BCUT2D eigenvalue weighted by Gasteiger charge is -2.34. The second-order valence-corrected chi connectivity index (χ2v) is 8.91. The number of anilines is 2. The molecule has 1 aliphatic heterocycles. The number of nitrogens with zero attached hydrogens (tertiary/aromatic N) is 4. The molecule has 4 aromatic rings. The summed E-state index contributed by atoms with van der Waals surface area (Å²) in [5.74, 6) is 0. The summed E-state index contributed by atoms with van der Waals surface area (Å²) in [5.41, 5.74) is 2.08. The lowest BCUT2D eigenvalue weighted by molar-refractivity contribution is 0.188. The second-order valence-electron chi connectivity index (χ2n) is 7.99. The van der Waals surface area contributed by atoms with Crippen molar-refractivity contribution in [3.8, 4) is 0 Å². The molecule has 3 heterocycles. The first-order valence-electron chi connectivity index (χ1n) is 10.8. The van der Waals surface area contributed by atoms with Crippen LogP contribution in [0.4, 0.5) is 10.7 Å². The third kappa shape index (κ3) is 4.27. The Kier molecular flexibility index (Phi) is 5.82. The van der Waals surface area contributed by atoms with Gasteiger partial charge < -0.3 is 9.80 Å². The molecule has 5 rings (SSSR count). The number of likely N-dealkylation sites (tertiary alicyclic amines) is 1. The van der Waals surface area contributed by atoms with E-state index in [2.05, 4.69) is 62.6 Å². The minimum atomic E-state index is 0.0806. The van der Waals surface area contributed by atoms with Crippen molar-refractivity contribution in [2.45, 2.75) is 18.9 Å². The average Bonchev–Trinajstić information content (AvgIpc) is 3.36. The van der Waals surface area contributed by atoms with E-state index in [0.29, 0.717) is 5.39 Å². The van der Waals surface area contributed by atoms with Crippen LogP contribution in [0.5, 0.6) is 0 Å². The first-order valence-corrected chi connectivity index (χ1v) is 11.7. The van der Waals surface area contributed by atoms with Crippen LogP contribution in [0.25, 0.3) is 10.9 Å². The Hall–Kier alpha value is -2.96. The highest BCUT2D eigenvalue weighted by molar-refractivity contribution is 7.14. The van der Waals surface area contributed by atoms with Crippen LogP contribution >= 0.6 is 11.3 Å². The zero-order valence-corrected chi connectivity index (χ0v) is 18.2. The average molecular weight is 431 g/mol. The summed E-state index contributed by atoms with van der Waals surface area (Å²) < 4.78 is 1.85. The Morgan fingerprint density at radius 2 is 1.74 bits per heavy atom. The molecule has 1 saturated heterocycles. The summed E-state index contributed by atoms with van der Waals surface area (Å²) in [4.78, 5) is 22.3. The highest BCUT2D eigenvalue weighted by Gasteiger charge is 2.22. The van der Waals surface area contributed by atoms with Crippen LogP contribution in [-0.2, 0) is 0 Å². The van der Waals surface area contributed by atoms with Gasteiger partial charge in [0.25, 0.3) is 5.56 Å². The van der Waals surface area contributed by atoms with Crippen LogP contribution in [0.3, 0.4) is 0 Å². The van der Waals surface area contributed by atoms with Crippen LogP contribution < -0.4 is 10.5 Å². The monoisotopic (exact) mass is 430 g/mol. The smallest absolute Gasteiger partial charge is 0.261 e. The van der Waals surface area contributed by atoms with E-state index in [4.69, 9.17) is 0 Å². The van der Waals surface area contributed by atoms with Crippen LogP contribution in [0, 0.1) is 0 Å². The summed E-state index contributed by atoms with van der Waals surface area (Å²) in [6, 6.07) is 22.7. The highest BCUT2D eigenvalue weighted by atomic mass is 32.1. The minimum Gasteiger partial charge on any atom is -0.332 e. The van der Waals surface area contributed by atoms with E-state index in [1.165, 1.54) is 10.7 Å². The van der Waals surface area contributed by atoms with Crippen molar-refractivity contribution in [3.05, 3.63) is 88.8 Å². The number of benzene rings is 2. The number of rotatable bonds is 6. The molecule has 0 N–H and O–H groups in total. The zero-order valence-electron chi connectivity index (χ0n) is 17.4. The van der Waals surface area contributed by atoms with Gasteiger partial charge in [-0.3, -0.25) is 9.36 Å². The molecular weight excluding hydrogens is 404 g/mol. The number of piperidine rings is 1. The standard InChI is InChI=1S/C25H26N4OS/c30-25-22-9-4-5-10-23(22)26-19-29(25)21-12-14-27(15-13-21)16-17-28(24-11-6-18-31-24)20-7-2-1-3-8-20/h1-11,18-19,21H,12-17H2. The van der Waals surface area contributed by atoms with Crippen LogP contribution in [0.2, 0.25) is 0 Å². The van der Waals surface area contributed by atoms with E-state index in [0.717, 1.165) is 44.5 Å². The lowest BCUT2D eigenvalue weighted by Crippen LogP contribution is -2.40. The molecule has 0 radical (unpaired) electrons. The quantitative estimate of drug-likeness (QED) is 0.435. The number of para-hydroxylation sites is 2. The van der Waals surface area contributed by atoms with E-state index in [1.54, 1.807) is 17.7 Å². The van der Waals surface area contributed by atoms with Gasteiger partial charge in [0.15, 0.2) is 0 Å². The van der Waals surface area contributed by atoms with Crippen LogP contribution in [0.15, 0.2) is 83.2 Å². The van der Waals surface area contributed by atoms with Gasteiger partial charge in [0, 0.05) is 37.9 Å². The molecule has 0 bridgehead atoms. The Morgan fingerprint density at radius 1 is 0.968 bits per heavy atom. The van der Waals surface area contributed by atoms with Crippen molar-refractivity contribution in [1.82, 2.24) is 14.5 Å². The van der Waals surface area contributed by atoms with Crippen molar-refractivity contribution < 1.29 is 0 Å². The zero-order chi connectivity index (χ0) is 21.0. The van der Waals surface area contributed by atoms with Gasteiger partial charge in [0.05, 0.1) is 22.2 Å². The molecule has 158 valence electrons. The number of hydrogen-bond acceptors (Lipinski definition) is 5.